The third-order valence-electron chi connectivity index (χ3n) is 4.29. The average molecular weight is 254 g/mol. The third-order valence-corrected chi connectivity index (χ3v) is 4.29. The van der Waals surface area contributed by atoms with Gasteiger partial charge >= 0.3 is 13.1 Å². The van der Waals surface area contributed by atoms with E-state index in [4.69, 9.17) is 9.31 Å². The highest BCUT2D eigenvalue weighted by molar-refractivity contribution is 6.46. The van der Waals surface area contributed by atoms with Gasteiger partial charge in [0.25, 0.3) is 0 Å². The van der Waals surface area contributed by atoms with Crippen molar-refractivity contribution in [3.05, 3.63) is 12.2 Å². The Hall–Kier alpha value is -0.805. The average Bonchev–Trinajstić information content (AvgIpc) is 2.33. The molecule has 1 atom stereocenters. The van der Waals surface area contributed by atoms with E-state index in [0.717, 1.165) is 0 Å². The van der Waals surface area contributed by atoms with Crippen LogP contribution < -0.4 is 0 Å². The van der Waals surface area contributed by atoms with Crippen molar-refractivity contribution >= 4 is 13.1 Å². The molecule has 0 aromatic rings. The number of hydrogen-bond acceptors (Lipinski definition) is 3. The van der Waals surface area contributed by atoms with Gasteiger partial charge < -0.3 is 14.4 Å². The first kappa shape index (κ1) is 15.3. The fourth-order valence-corrected chi connectivity index (χ4v) is 1.83. The summed E-state index contributed by atoms with van der Waals surface area (Å²) in [6.07, 6.45) is 0.268. The Labute approximate surface area is 109 Å². The molecule has 0 radical (unpaired) electrons. The quantitative estimate of drug-likeness (QED) is 0.619. The Morgan fingerprint density at radius 1 is 1.28 bits per heavy atom. The molecular weight excluding hydrogens is 231 g/mol. The SMILES string of the molecule is C=C(C)C(C)(CB1OC(C)(C)C(C)(C)O1)C(=O)O. The second kappa shape index (κ2) is 4.39. The zero-order valence-corrected chi connectivity index (χ0v) is 12.2. The van der Waals surface area contributed by atoms with E-state index in [1.165, 1.54) is 0 Å². The third kappa shape index (κ3) is 2.47. The summed E-state index contributed by atoms with van der Waals surface area (Å²) in [4.78, 5) is 11.4. The van der Waals surface area contributed by atoms with Crippen molar-refractivity contribution in [2.45, 2.75) is 59.1 Å². The van der Waals surface area contributed by atoms with Gasteiger partial charge in [-0.25, -0.2) is 0 Å². The molecule has 1 rings (SSSR count). The van der Waals surface area contributed by atoms with Crippen molar-refractivity contribution < 1.29 is 19.2 Å². The molecule has 1 N–H and O–H groups in total. The summed E-state index contributed by atoms with van der Waals surface area (Å²) in [5.74, 6) is -0.898. The molecule has 18 heavy (non-hydrogen) atoms. The smallest absolute Gasteiger partial charge is 0.459 e. The van der Waals surface area contributed by atoms with Crippen molar-refractivity contribution in [2.24, 2.45) is 5.41 Å². The minimum Gasteiger partial charge on any atom is -0.481 e. The standard InChI is InChI=1S/C13H23BO4/c1-9(2)13(7,10(15)16)8-14-17-11(3,4)12(5,6)18-14/h1,8H2,2-7H3,(H,15,16). The molecule has 102 valence electrons. The van der Waals surface area contributed by atoms with Gasteiger partial charge in [-0.2, -0.15) is 0 Å². The molecular formula is C13H23BO4. The molecule has 1 saturated heterocycles. The summed E-state index contributed by atoms with van der Waals surface area (Å²) >= 11 is 0. The number of carboxylic acid groups (broad SMARTS) is 1. The van der Waals surface area contributed by atoms with E-state index < -0.39 is 29.7 Å². The molecule has 1 aliphatic heterocycles. The van der Waals surface area contributed by atoms with Gasteiger partial charge in [0.2, 0.25) is 0 Å². The van der Waals surface area contributed by atoms with Gasteiger partial charge in [-0.3, -0.25) is 4.79 Å². The molecule has 0 aliphatic carbocycles. The zero-order chi connectivity index (χ0) is 14.4. The van der Waals surface area contributed by atoms with Gasteiger partial charge in [-0.15, -0.1) is 0 Å². The van der Waals surface area contributed by atoms with Crippen LogP contribution in [-0.4, -0.2) is 29.4 Å². The summed E-state index contributed by atoms with van der Waals surface area (Å²) in [6.45, 7) is 14.9. The van der Waals surface area contributed by atoms with Crippen molar-refractivity contribution in [2.75, 3.05) is 0 Å². The lowest BCUT2D eigenvalue weighted by Gasteiger charge is -2.32. The lowest BCUT2D eigenvalue weighted by Crippen LogP contribution is -2.41. The minimum absolute atomic E-state index is 0.268. The lowest BCUT2D eigenvalue weighted by atomic mass is 9.66. The number of rotatable bonds is 4. The van der Waals surface area contributed by atoms with Crippen LogP contribution in [0.1, 0.15) is 41.5 Å². The highest BCUT2D eigenvalue weighted by Crippen LogP contribution is 2.42. The van der Waals surface area contributed by atoms with Crippen molar-refractivity contribution in [1.29, 1.82) is 0 Å². The van der Waals surface area contributed by atoms with Crippen molar-refractivity contribution in [1.82, 2.24) is 0 Å². The molecule has 1 unspecified atom stereocenters. The minimum atomic E-state index is -1.03. The number of aliphatic carboxylic acids is 1. The van der Waals surface area contributed by atoms with Gasteiger partial charge in [0.05, 0.1) is 16.6 Å². The maximum atomic E-state index is 11.4. The van der Waals surface area contributed by atoms with E-state index in [0.29, 0.717) is 5.57 Å². The first-order valence-electron chi connectivity index (χ1n) is 6.17. The highest BCUT2D eigenvalue weighted by Gasteiger charge is 2.53. The molecule has 1 aliphatic rings. The molecule has 1 heterocycles. The van der Waals surface area contributed by atoms with Crippen LogP contribution >= 0.6 is 0 Å². The fourth-order valence-electron chi connectivity index (χ4n) is 1.83. The monoisotopic (exact) mass is 254 g/mol. The molecule has 4 nitrogen and oxygen atoms in total. The van der Waals surface area contributed by atoms with E-state index in [1.54, 1.807) is 13.8 Å². The summed E-state index contributed by atoms with van der Waals surface area (Å²) < 4.78 is 11.7. The Morgan fingerprint density at radius 2 is 1.67 bits per heavy atom. The molecule has 5 heteroatoms. The summed E-state index contributed by atoms with van der Waals surface area (Å²) in [6, 6.07) is 0. The first-order valence-corrected chi connectivity index (χ1v) is 6.17. The fraction of sp³-hybridized carbons (Fsp3) is 0.769. The summed E-state index contributed by atoms with van der Waals surface area (Å²) in [5.41, 5.74) is -1.30. The van der Waals surface area contributed by atoms with Crippen LogP contribution in [-0.2, 0) is 14.1 Å². The van der Waals surface area contributed by atoms with Crippen LogP contribution in [0.15, 0.2) is 12.2 Å². The number of carbonyl (C=O) groups is 1. The summed E-state index contributed by atoms with van der Waals surface area (Å²) in [7, 11) is -0.521. The maximum absolute atomic E-state index is 11.4. The summed E-state index contributed by atoms with van der Waals surface area (Å²) in [5, 5.41) is 9.35. The van der Waals surface area contributed by atoms with Gasteiger partial charge in [0.15, 0.2) is 0 Å². The van der Waals surface area contributed by atoms with Gasteiger partial charge in [-0.05, 0) is 41.5 Å². The number of carboxylic acids is 1. The van der Waals surface area contributed by atoms with Crippen molar-refractivity contribution in [3.63, 3.8) is 0 Å². The van der Waals surface area contributed by atoms with Crippen LogP contribution in [0.4, 0.5) is 0 Å². The second-order valence-electron chi connectivity index (χ2n) is 6.31. The topological polar surface area (TPSA) is 55.8 Å². The molecule has 1 fully saturated rings. The Bertz CT molecular complexity index is 343. The molecule has 0 aromatic carbocycles. The van der Waals surface area contributed by atoms with E-state index in [9.17, 15) is 9.90 Å². The second-order valence-corrected chi connectivity index (χ2v) is 6.31. The van der Waals surface area contributed by atoms with E-state index in [-0.39, 0.29) is 6.32 Å². The molecule has 0 bridgehead atoms. The first-order chi connectivity index (χ1) is 7.92. The Morgan fingerprint density at radius 3 is 1.94 bits per heavy atom. The van der Waals surface area contributed by atoms with E-state index >= 15 is 0 Å². The molecule has 0 aromatic heterocycles. The Kier molecular flexibility index (Phi) is 3.72. The zero-order valence-electron chi connectivity index (χ0n) is 12.2. The van der Waals surface area contributed by atoms with Crippen LogP contribution in [0.2, 0.25) is 6.32 Å². The van der Waals surface area contributed by atoms with Crippen LogP contribution in [0, 0.1) is 5.41 Å². The van der Waals surface area contributed by atoms with Crippen molar-refractivity contribution in [3.8, 4) is 0 Å². The van der Waals surface area contributed by atoms with Gasteiger partial charge in [-0.1, -0.05) is 12.2 Å². The maximum Gasteiger partial charge on any atom is 0.459 e. The largest absolute Gasteiger partial charge is 0.481 e. The van der Waals surface area contributed by atoms with Gasteiger partial charge in [0, 0.05) is 6.32 Å². The van der Waals surface area contributed by atoms with E-state index in [2.05, 4.69) is 6.58 Å². The molecule has 0 amide bonds. The number of hydrogen-bond donors (Lipinski definition) is 1. The normalized spacial score (nSPS) is 24.7. The van der Waals surface area contributed by atoms with E-state index in [1.807, 2.05) is 27.7 Å². The van der Waals surface area contributed by atoms with Crippen LogP contribution in [0.25, 0.3) is 0 Å². The van der Waals surface area contributed by atoms with Crippen LogP contribution in [0.3, 0.4) is 0 Å². The lowest BCUT2D eigenvalue weighted by molar-refractivity contribution is -0.144. The predicted molar refractivity (Wildman–Crippen MR) is 71.4 cm³/mol. The predicted octanol–water partition coefficient (Wildman–Crippen LogP) is 2.75. The molecule has 0 saturated carbocycles. The van der Waals surface area contributed by atoms with Crippen LogP contribution in [0.5, 0.6) is 0 Å². The molecule has 0 spiro atoms. The highest BCUT2D eigenvalue weighted by atomic mass is 16.7. The van der Waals surface area contributed by atoms with Gasteiger partial charge in [0.1, 0.15) is 0 Å². The Balaban J connectivity index is 2.88.